The summed E-state index contributed by atoms with van der Waals surface area (Å²) in [6.45, 7) is 0. The molecule has 25 heavy (non-hydrogen) atoms. The second-order valence-electron chi connectivity index (χ2n) is 5.04. The number of carbonyl (C=O) groups is 3. The fraction of sp³-hybridized carbons (Fsp3) is 0.167. The zero-order valence-electron chi connectivity index (χ0n) is 13.9. The van der Waals surface area contributed by atoms with Crippen molar-refractivity contribution < 1.29 is 23.9 Å². The smallest absolute Gasteiger partial charge is 0.337 e. The van der Waals surface area contributed by atoms with Crippen molar-refractivity contribution in [2.24, 2.45) is 0 Å². The molecule has 130 valence electrons. The van der Waals surface area contributed by atoms with Gasteiger partial charge in [-0.2, -0.15) is 0 Å². The number of hydrogen-bond acceptors (Lipinski definition) is 5. The van der Waals surface area contributed by atoms with Crippen LogP contribution >= 0.6 is 0 Å². The van der Waals surface area contributed by atoms with E-state index in [-0.39, 0.29) is 6.42 Å². The fourth-order valence-electron chi connectivity index (χ4n) is 2.10. The summed E-state index contributed by atoms with van der Waals surface area (Å²) in [6.07, 6.45) is -0.350. The highest BCUT2D eigenvalue weighted by atomic mass is 16.5. The third-order valence-corrected chi connectivity index (χ3v) is 3.29. The topological polar surface area (TPSA) is 93.7 Å². The van der Waals surface area contributed by atoms with E-state index in [1.165, 1.54) is 26.4 Å². The number of para-hydroxylation sites is 2. The van der Waals surface area contributed by atoms with Crippen molar-refractivity contribution in [3.63, 3.8) is 0 Å². The Kier molecular flexibility index (Phi) is 6.11. The summed E-state index contributed by atoms with van der Waals surface area (Å²) in [7, 11) is 2.79. The van der Waals surface area contributed by atoms with Gasteiger partial charge < -0.3 is 20.1 Å². The molecule has 2 aromatic rings. The SMILES string of the molecule is COC(=O)c1ccc(NC(=O)CC(=O)Nc2ccccc2OC)cc1. The summed E-state index contributed by atoms with van der Waals surface area (Å²) in [5.74, 6) is -0.893. The molecular weight excluding hydrogens is 324 g/mol. The lowest BCUT2D eigenvalue weighted by molar-refractivity contribution is -0.123. The lowest BCUT2D eigenvalue weighted by atomic mass is 10.2. The van der Waals surface area contributed by atoms with Crippen molar-refractivity contribution >= 4 is 29.2 Å². The van der Waals surface area contributed by atoms with Crippen LogP contribution < -0.4 is 15.4 Å². The second kappa shape index (κ2) is 8.49. The van der Waals surface area contributed by atoms with Crippen molar-refractivity contribution in [1.29, 1.82) is 0 Å². The zero-order chi connectivity index (χ0) is 18.2. The Morgan fingerprint density at radius 2 is 1.52 bits per heavy atom. The van der Waals surface area contributed by atoms with Crippen molar-refractivity contribution in [3.8, 4) is 5.75 Å². The molecule has 0 bridgehead atoms. The lowest BCUT2D eigenvalue weighted by Gasteiger charge is -2.10. The second-order valence-corrected chi connectivity index (χ2v) is 5.04. The predicted molar refractivity (Wildman–Crippen MR) is 92.7 cm³/mol. The van der Waals surface area contributed by atoms with Gasteiger partial charge in [-0.3, -0.25) is 9.59 Å². The van der Waals surface area contributed by atoms with Crippen LogP contribution in [-0.4, -0.2) is 32.0 Å². The van der Waals surface area contributed by atoms with Gasteiger partial charge in [0.1, 0.15) is 12.2 Å². The Morgan fingerprint density at radius 3 is 2.16 bits per heavy atom. The largest absolute Gasteiger partial charge is 0.495 e. The molecule has 0 saturated heterocycles. The van der Waals surface area contributed by atoms with Gasteiger partial charge in [0.05, 0.1) is 25.5 Å². The Balaban J connectivity index is 1.91. The van der Waals surface area contributed by atoms with Crippen LogP contribution in [0.5, 0.6) is 5.75 Å². The molecule has 0 unspecified atom stereocenters. The Hall–Kier alpha value is -3.35. The zero-order valence-corrected chi connectivity index (χ0v) is 13.9. The molecular formula is C18H18N2O5. The van der Waals surface area contributed by atoms with E-state index in [2.05, 4.69) is 15.4 Å². The number of benzene rings is 2. The first-order valence-corrected chi connectivity index (χ1v) is 7.44. The van der Waals surface area contributed by atoms with E-state index >= 15 is 0 Å². The number of hydrogen-bond donors (Lipinski definition) is 2. The molecule has 2 aromatic carbocycles. The van der Waals surface area contributed by atoms with Gasteiger partial charge in [0, 0.05) is 5.69 Å². The van der Waals surface area contributed by atoms with Crippen molar-refractivity contribution in [2.45, 2.75) is 6.42 Å². The number of amides is 2. The lowest BCUT2D eigenvalue weighted by Crippen LogP contribution is -2.21. The highest BCUT2D eigenvalue weighted by molar-refractivity contribution is 6.08. The maximum absolute atomic E-state index is 12.0. The van der Waals surface area contributed by atoms with E-state index < -0.39 is 17.8 Å². The van der Waals surface area contributed by atoms with Crippen molar-refractivity contribution in [1.82, 2.24) is 0 Å². The minimum atomic E-state index is -0.474. The molecule has 0 heterocycles. The predicted octanol–water partition coefficient (Wildman–Crippen LogP) is 2.45. The van der Waals surface area contributed by atoms with Crippen LogP contribution in [0.4, 0.5) is 11.4 Å². The Morgan fingerprint density at radius 1 is 0.880 bits per heavy atom. The van der Waals surface area contributed by atoms with Gasteiger partial charge in [-0.05, 0) is 36.4 Å². The number of carbonyl (C=O) groups excluding carboxylic acids is 3. The summed E-state index contributed by atoms with van der Waals surface area (Å²) in [4.78, 5) is 35.3. The molecule has 2 rings (SSSR count). The maximum atomic E-state index is 12.0. The molecule has 0 atom stereocenters. The minimum Gasteiger partial charge on any atom is -0.495 e. The van der Waals surface area contributed by atoms with E-state index in [9.17, 15) is 14.4 Å². The first kappa shape index (κ1) is 18.0. The highest BCUT2D eigenvalue weighted by Gasteiger charge is 2.12. The van der Waals surface area contributed by atoms with Gasteiger partial charge in [-0.15, -0.1) is 0 Å². The van der Waals surface area contributed by atoms with Crippen LogP contribution in [0.3, 0.4) is 0 Å². The molecule has 0 aromatic heterocycles. The molecule has 0 fully saturated rings. The minimum absolute atomic E-state index is 0.350. The summed E-state index contributed by atoms with van der Waals surface area (Å²) in [5, 5.41) is 5.21. The Labute approximate surface area is 144 Å². The van der Waals surface area contributed by atoms with Gasteiger partial charge in [0.25, 0.3) is 0 Å². The van der Waals surface area contributed by atoms with E-state index in [4.69, 9.17) is 4.74 Å². The molecule has 2 amide bonds. The average Bonchev–Trinajstić information content (AvgIpc) is 2.62. The molecule has 0 radical (unpaired) electrons. The molecule has 0 aliphatic carbocycles. The standard InChI is InChI=1S/C18H18N2O5/c1-24-15-6-4-3-5-14(15)20-17(22)11-16(21)19-13-9-7-12(8-10-13)18(23)25-2/h3-10H,11H2,1-2H3,(H,19,21)(H,20,22). The van der Waals surface area contributed by atoms with Gasteiger partial charge in [0.2, 0.25) is 11.8 Å². The van der Waals surface area contributed by atoms with Crippen LogP contribution in [-0.2, 0) is 14.3 Å². The molecule has 7 nitrogen and oxygen atoms in total. The van der Waals surface area contributed by atoms with Crippen molar-refractivity contribution in [3.05, 3.63) is 54.1 Å². The van der Waals surface area contributed by atoms with Gasteiger partial charge >= 0.3 is 5.97 Å². The summed E-state index contributed by atoms with van der Waals surface area (Å²) < 4.78 is 9.73. The van der Waals surface area contributed by atoms with Gasteiger partial charge in [-0.25, -0.2) is 4.79 Å². The monoisotopic (exact) mass is 342 g/mol. The molecule has 0 spiro atoms. The molecule has 0 saturated carbocycles. The molecule has 0 aliphatic rings. The third kappa shape index (κ3) is 5.07. The first-order valence-electron chi connectivity index (χ1n) is 7.44. The Bertz CT molecular complexity index is 771. The van der Waals surface area contributed by atoms with Crippen LogP contribution in [0, 0.1) is 0 Å². The van der Waals surface area contributed by atoms with E-state index in [0.29, 0.717) is 22.7 Å². The highest BCUT2D eigenvalue weighted by Crippen LogP contribution is 2.23. The summed E-state index contributed by atoms with van der Waals surface area (Å²) in [5.41, 5.74) is 1.34. The van der Waals surface area contributed by atoms with Crippen LogP contribution in [0.1, 0.15) is 16.8 Å². The van der Waals surface area contributed by atoms with E-state index in [1.807, 2.05) is 0 Å². The van der Waals surface area contributed by atoms with Crippen LogP contribution in [0.25, 0.3) is 0 Å². The number of anilines is 2. The van der Waals surface area contributed by atoms with E-state index in [1.54, 1.807) is 36.4 Å². The fourth-order valence-corrected chi connectivity index (χ4v) is 2.10. The average molecular weight is 342 g/mol. The normalized spacial score (nSPS) is 9.84. The maximum Gasteiger partial charge on any atom is 0.337 e. The summed E-state index contributed by atoms with van der Waals surface area (Å²) >= 11 is 0. The van der Waals surface area contributed by atoms with Crippen LogP contribution in [0.15, 0.2) is 48.5 Å². The third-order valence-electron chi connectivity index (χ3n) is 3.29. The number of nitrogens with one attached hydrogen (secondary N) is 2. The number of esters is 1. The first-order chi connectivity index (χ1) is 12.0. The molecule has 7 heteroatoms. The number of rotatable bonds is 6. The van der Waals surface area contributed by atoms with Gasteiger partial charge in [-0.1, -0.05) is 12.1 Å². The number of methoxy groups -OCH3 is 2. The quantitative estimate of drug-likeness (QED) is 0.621. The van der Waals surface area contributed by atoms with Gasteiger partial charge in [0.15, 0.2) is 0 Å². The number of ether oxygens (including phenoxy) is 2. The molecule has 0 aliphatic heterocycles. The molecule has 2 N–H and O–H groups in total. The van der Waals surface area contributed by atoms with Crippen molar-refractivity contribution in [2.75, 3.05) is 24.9 Å². The summed E-state index contributed by atoms with van der Waals surface area (Å²) in [6, 6.07) is 13.1. The van der Waals surface area contributed by atoms with E-state index in [0.717, 1.165) is 0 Å². The van der Waals surface area contributed by atoms with Crippen LogP contribution in [0.2, 0.25) is 0 Å².